The fourth-order valence-corrected chi connectivity index (χ4v) is 4.22. The van der Waals surface area contributed by atoms with E-state index in [-0.39, 0.29) is 23.8 Å². The van der Waals surface area contributed by atoms with Crippen LogP contribution in [-0.2, 0) is 19.1 Å². The van der Waals surface area contributed by atoms with Crippen molar-refractivity contribution in [3.05, 3.63) is 0 Å². The Morgan fingerprint density at radius 3 is 1.06 bits per heavy atom. The quantitative estimate of drug-likeness (QED) is 0.0953. The maximum atomic E-state index is 11.8. The number of unbranched alkanes of at least 4 members (excludes halogenated alkanes) is 12. The second kappa shape index (κ2) is 30.2. The average Bonchev–Trinajstić information content (AvgIpc) is 2.89. The molecule has 0 heterocycles. The lowest BCUT2D eigenvalue weighted by Crippen LogP contribution is -2.17. The molecule has 2 atom stereocenters. The first-order valence-corrected chi connectivity index (χ1v) is 15.8. The van der Waals surface area contributed by atoms with Gasteiger partial charge < -0.3 is 9.47 Å². The highest BCUT2D eigenvalue weighted by molar-refractivity contribution is 5.72. The molecule has 216 valence electrons. The molecule has 2 unspecified atom stereocenters. The van der Waals surface area contributed by atoms with E-state index in [1.54, 1.807) is 0 Å². The molecule has 0 spiro atoms. The minimum Gasteiger partial charge on any atom is -0.465 e. The zero-order chi connectivity index (χ0) is 27.3. The monoisotopic (exact) mass is 512 g/mol. The molecule has 0 N–H and O–H groups in total. The predicted molar refractivity (Wildman–Crippen MR) is 155 cm³/mol. The Balaban J connectivity index is 0. The molecule has 4 nitrogen and oxygen atoms in total. The molecule has 0 rings (SSSR count). The van der Waals surface area contributed by atoms with Crippen LogP contribution in [0.3, 0.4) is 0 Å². The molecule has 0 fully saturated rings. The number of carbonyl (C=O) groups excluding carboxylic acids is 2. The van der Waals surface area contributed by atoms with Crippen LogP contribution in [-0.4, -0.2) is 25.2 Å². The Kier molecular flexibility index (Phi) is 31.1. The maximum Gasteiger partial charge on any atom is 0.308 e. The molecule has 0 aliphatic heterocycles. The molecule has 0 aromatic heterocycles. The van der Waals surface area contributed by atoms with Gasteiger partial charge in [0.25, 0.3) is 0 Å². The van der Waals surface area contributed by atoms with E-state index < -0.39 is 0 Å². The van der Waals surface area contributed by atoms with Crippen molar-refractivity contribution >= 4 is 11.9 Å². The van der Waals surface area contributed by atoms with Crippen molar-refractivity contribution in [2.45, 2.75) is 170 Å². The molecule has 0 bridgehead atoms. The Hall–Kier alpha value is -1.06. The van der Waals surface area contributed by atoms with Gasteiger partial charge in [0.15, 0.2) is 0 Å². The van der Waals surface area contributed by atoms with Crippen LogP contribution in [0.4, 0.5) is 0 Å². The number of hydrogen-bond donors (Lipinski definition) is 0. The van der Waals surface area contributed by atoms with Gasteiger partial charge in [-0.25, -0.2) is 0 Å². The fourth-order valence-electron chi connectivity index (χ4n) is 4.22. The van der Waals surface area contributed by atoms with Crippen molar-refractivity contribution in [3.63, 3.8) is 0 Å². The van der Waals surface area contributed by atoms with Crippen LogP contribution >= 0.6 is 0 Å². The number of carbonyl (C=O) groups is 2. The molecule has 0 radical (unpaired) electrons. The van der Waals surface area contributed by atoms with E-state index in [0.29, 0.717) is 13.2 Å². The standard InChI is InChI=1S/2C16H32O2/c2*1-4-7-9-10-11-12-14-18-16(17)15(6-3)13-8-5-2/h2*15H,4-14H2,1-3H3. The largest absolute Gasteiger partial charge is 0.465 e. The van der Waals surface area contributed by atoms with Crippen LogP contribution in [0.2, 0.25) is 0 Å². The second-order valence-corrected chi connectivity index (χ2v) is 10.4. The van der Waals surface area contributed by atoms with Gasteiger partial charge in [-0.05, 0) is 38.5 Å². The molecular weight excluding hydrogens is 448 g/mol. The van der Waals surface area contributed by atoms with E-state index in [0.717, 1.165) is 64.2 Å². The summed E-state index contributed by atoms with van der Waals surface area (Å²) in [5, 5.41) is 0. The molecule has 0 saturated carbocycles. The summed E-state index contributed by atoms with van der Waals surface area (Å²) in [4.78, 5) is 23.6. The molecule has 0 aromatic rings. The van der Waals surface area contributed by atoms with Gasteiger partial charge in [0.1, 0.15) is 0 Å². The molecule has 0 saturated heterocycles. The van der Waals surface area contributed by atoms with Crippen molar-refractivity contribution in [2.75, 3.05) is 13.2 Å². The van der Waals surface area contributed by atoms with Gasteiger partial charge in [0, 0.05) is 0 Å². The third kappa shape index (κ3) is 24.6. The number of esters is 2. The number of hydrogen-bond acceptors (Lipinski definition) is 4. The first-order valence-electron chi connectivity index (χ1n) is 15.8. The minimum absolute atomic E-state index is 0.0273. The van der Waals surface area contributed by atoms with Crippen LogP contribution in [0.15, 0.2) is 0 Å². The van der Waals surface area contributed by atoms with Crippen molar-refractivity contribution < 1.29 is 19.1 Å². The predicted octanol–water partition coefficient (Wildman–Crippen LogP) is 10.2. The van der Waals surface area contributed by atoms with Gasteiger partial charge in [-0.3, -0.25) is 9.59 Å². The summed E-state index contributed by atoms with van der Waals surface area (Å²) in [6, 6.07) is 0. The van der Waals surface area contributed by atoms with E-state index in [1.165, 1.54) is 64.2 Å². The Bertz CT molecular complexity index is 421. The molecule has 0 aromatic carbocycles. The van der Waals surface area contributed by atoms with Crippen LogP contribution < -0.4 is 0 Å². The fraction of sp³-hybridized carbons (Fsp3) is 0.938. The molecular formula is C32H64O4. The van der Waals surface area contributed by atoms with Crippen molar-refractivity contribution in [3.8, 4) is 0 Å². The lowest BCUT2D eigenvalue weighted by atomic mass is 10.00. The lowest BCUT2D eigenvalue weighted by Gasteiger charge is -2.13. The zero-order valence-corrected chi connectivity index (χ0v) is 25.3. The van der Waals surface area contributed by atoms with Crippen molar-refractivity contribution in [1.29, 1.82) is 0 Å². The summed E-state index contributed by atoms with van der Waals surface area (Å²) in [6.45, 7) is 14.2. The van der Waals surface area contributed by atoms with Gasteiger partial charge in [-0.1, -0.05) is 131 Å². The maximum absolute atomic E-state index is 11.8. The topological polar surface area (TPSA) is 52.6 Å². The number of rotatable bonds is 24. The van der Waals surface area contributed by atoms with Crippen molar-refractivity contribution in [2.24, 2.45) is 11.8 Å². The third-order valence-corrected chi connectivity index (χ3v) is 6.95. The van der Waals surface area contributed by atoms with Gasteiger partial charge in [0.2, 0.25) is 0 Å². The summed E-state index contributed by atoms with van der Waals surface area (Å²) in [5.74, 6) is 0.314. The summed E-state index contributed by atoms with van der Waals surface area (Å²) in [7, 11) is 0. The van der Waals surface area contributed by atoms with Gasteiger partial charge in [0.05, 0.1) is 25.0 Å². The third-order valence-electron chi connectivity index (χ3n) is 6.95. The van der Waals surface area contributed by atoms with E-state index in [4.69, 9.17) is 9.47 Å². The molecule has 0 amide bonds. The Morgan fingerprint density at radius 1 is 0.444 bits per heavy atom. The normalized spacial score (nSPS) is 12.4. The highest BCUT2D eigenvalue weighted by atomic mass is 16.5. The first kappa shape index (κ1) is 37.1. The van der Waals surface area contributed by atoms with Crippen molar-refractivity contribution in [1.82, 2.24) is 0 Å². The summed E-state index contributed by atoms with van der Waals surface area (Å²) in [5.41, 5.74) is 0. The van der Waals surface area contributed by atoms with E-state index in [9.17, 15) is 9.59 Å². The van der Waals surface area contributed by atoms with Gasteiger partial charge in [-0.15, -0.1) is 0 Å². The van der Waals surface area contributed by atoms with E-state index in [2.05, 4.69) is 41.5 Å². The van der Waals surface area contributed by atoms with E-state index in [1.807, 2.05) is 0 Å². The smallest absolute Gasteiger partial charge is 0.308 e. The van der Waals surface area contributed by atoms with Crippen LogP contribution in [0.1, 0.15) is 170 Å². The van der Waals surface area contributed by atoms with Gasteiger partial charge >= 0.3 is 11.9 Å². The summed E-state index contributed by atoms with van der Waals surface area (Å²) < 4.78 is 10.7. The van der Waals surface area contributed by atoms with Crippen LogP contribution in [0.5, 0.6) is 0 Å². The molecule has 36 heavy (non-hydrogen) atoms. The SMILES string of the molecule is CCCCCCCCOC(=O)C(CC)CCCC.CCCCCCCCOC(=O)C(CC)CCCC. The molecule has 4 heteroatoms. The van der Waals surface area contributed by atoms with Crippen LogP contribution in [0.25, 0.3) is 0 Å². The highest BCUT2D eigenvalue weighted by Crippen LogP contribution is 2.16. The zero-order valence-electron chi connectivity index (χ0n) is 25.3. The van der Waals surface area contributed by atoms with Crippen LogP contribution in [0, 0.1) is 11.8 Å². The van der Waals surface area contributed by atoms with E-state index >= 15 is 0 Å². The van der Waals surface area contributed by atoms with Gasteiger partial charge in [-0.2, -0.15) is 0 Å². The Labute approximate surface area is 226 Å². The average molecular weight is 513 g/mol. The lowest BCUT2D eigenvalue weighted by molar-refractivity contribution is -0.150. The first-order chi connectivity index (χ1) is 17.5. The minimum atomic E-state index is 0.0273. The highest BCUT2D eigenvalue weighted by Gasteiger charge is 2.17. The second-order valence-electron chi connectivity index (χ2n) is 10.4. The Morgan fingerprint density at radius 2 is 0.750 bits per heavy atom. The summed E-state index contributed by atoms with van der Waals surface area (Å²) in [6.07, 6.45) is 23.2. The number of ether oxygens (including phenoxy) is 2. The molecule has 0 aliphatic carbocycles. The summed E-state index contributed by atoms with van der Waals surface area (Å²) >= 11 is 0. The molecule has 0 aliphatic rings.